The van der Waals surface area contributed by atoms with Crippen molar-refractivity contribution in [3.8, 4) is 0 Å². The van der Waals surface area contributed by atoms with E-state index in [0.717, 1.165) is 24.8 Å². The lowest BCUT2D eigenvalue weighted by atomic mass is 9.43. The largest absolute Gasteiger partial charge is 0.453 e. The molecule has 12 N–H and O–H groups in total. The number of esters is 1. The Morgan fingerprint density at radius 3 is 1.96 bits per heavy atom. The van der Waals surface area contributed by atoms with Gasteiger partial charge in [-0.25, -0.2) is 4.79 Å². The van der Waals surface area contributed by atoms with Gasteiger partial charge in [0, 0.05) is 12.0 Å². The zero-order valence-electron chi connectivity index (χ0n) is 39.2. The summed E-state index contributed by atoms with van der Waals surface area (Å²) in [7, 11) is 0. The van der Waals surface area contributed by atoms with Crippen molar-refractivity contribution in [1.82, 2.24) is 0 Å². The van der Waals surface area contributed by atoms with E-state index in [2.05, 4.69) is 19.9 Å². The summed E-state index contributed by atoms with van der Waals surface area (Å²) in [6, 6.07) is 0. The first-order valence-electron chi connectivity index (χ1n) is 24.0. The van der Waals surface area contributed by atoms with E-state index < -0.39 is 146 Å². The van der Waals surface area contributed by atoms with Gasteiger partial charge in [-0.05, 0) is 98.7 Å². The van der Waals surface area contributed by atoms with Crippen molar-refractivity contribution >= 4 is 11.8 Å². The Labute approximate surface area is 394 Å². The molecular weight excluding hydrogens is 900 g/mol. The molecule has 8 aliphatic rings. The molecule has 0 spiro atoms. The van der Waals surface area contributed by atoms with Crippen molar-refractivity contribution in [3.05, 3.63) is 23.3 Å². The second kappa shape index (κ2) is 19.4. The number of fused-ring (bicyclic) bond motifs is 7. The van der Waals surface area contributed by atoms with Gasteiger partial charge in [-0.1, -0.05) is 45.4 Å². The first kappa shape index (κ1) is 52.2. The highest BCUT2D eigenvalue weighted by atomic mass is 16.8. The number of Topliss-reactive ketones (excluding diaryl/α,β-unsaturated/α-hetero) is 1. The van der Waals surface area contributed by atoms with E-state index >= 15 is 4.79 Å². The van der Waals surface area contributed by atoms with Gasteiger partial charge in [0.2, 0.25) is 0 Å². The van der Waals surface area contributed by atoms with Crippen LogP contribution in [0.5, 0.6) is 0 Å². The Kier molecular flexibility index (Phi) is 14.9. The van der Waals surface area contributed by atoms with E-state index in [-0.39, 0.29) is 53.8 Å². The molecule has 8 rings (SSSR count). The molecule has 0 aromatic heterocycles. The molecule has 386 valence electrons. The topological polar surface area (TPSA) is 342 Å². The van der Waals surface area contributed by atoms with Crippen LogP contribution in [-0.4, -0.2) is 191 Å². The van der Waals surface area contributed by atoms with E-state index in [1.807, 2.05) is 13.8 Å². The van der Waals surface area contributed by atoms with Crippen molar-refractivity contribution in [2.75, 3.05) is 6.61 Å². The maximum Gasteiger partial charge on any atom is 0.333 e. The van der Waals surface area contributed by atoms with E-state index in [9.17, 15) is 66.1 Å². The van der Waals surface area contributed by atoms with Crippen LogP contribution in [0.4, 0.5) is 0 Å². The van der Waals surface area contributed by atoms with Crippen LogP contribution in [0.15, 0.2) is 23.3 Å². The number of ketones is 1. The Balaban J connectivity index is 1.01. The molecule has 0 aromatic carbocycles. The third-order valence-corrected chi connectivity index (χ3v) is 17.5. The SMILES string of the molecule is CC=C(C)C(=O)OC1C(O)C(O)OC(OC2CCC3C4CC=C5C(CC(=O)C6(COC7OC(O)C(O)C(O)C7OC7OC(O)C(O)C(O)C7O)C5CC(C)(C)C(O)C6O)C4CCC3C2(C)C)C1O. The van der Waals surface area contributed by atoms with Crippen LogP contribution in [0.1, 0.15) is 86.5 Å². The lowest BCUT2D eigenvalue weighted by Gasteiger charge is -2.62. The highest BCUT2D eigenvalue weighted by Gasteiger charge is 2.67. The molecule has 0 aromatic rings. The molecule has 25 unspecified atom stereocenters. The minimum absolute atomic E-state index is 0.0175. The average molecular weight is 973 g/mol. The Morgan fingerprint density at radius 2 is 1.29 bits per heavy atom. The molecule has 25 atom stereocenters. The Morgan fingerprint density at radius 1 is 0.691 bits per heavy atom. The molecule has 3 saturated heterocycles. The average Bonchev–Trinajstić information content (AvgIpc) is 3.29. The van der Waals surface area contributed by atoms with E-state index in [1.54, 1.807) is 6.92 Å². The molecule has 4 saturated carbocycles. The molecule has 0 radical (unpaired) electrons. The first-order chi connectivity index (χ1) is 31.9. The highest BCUT2D eigenvalue weighted by molar-refractivity contribution is 5.89. The lowest BCUT2D eigenvalue weighted by Crippen LogP contribution is -2.68. The van der Waals surface area contributed by atoms with Gasteiger partial charge in [0.05, 0.1) is 30.3 Å². The standard InChI is InChI=1S/C47H72O21/c1-7-17(2)38(58)64-34-32(54)41(61)67-43(33(34)55)63-26-13-11-20-18-8-9-21-22(19(18)10-12-23(20)46(26,5)6)14-25(48)47(24(21)15-45(3,4)36(56)37(47)57)16-62-44-35(28(50)30(52)40(60)68-44)65-42-31(53)27(49)29(51)39(59)66-42/h7,9,18-20,22-24,26-37,39-44,49-57,59-61H,8,10-16H2,1-6H3. The molecule has 3 aliphatic heterocycles. The van der Waals surface area contributed by atoms with Crippen molar-refractivity contribution in [1.29, 1.82) is 0 Å². The fraction of sp³-hybridized carbons (Fsp3) is 0.872. The van der Waals surface area contributed by atoms with E-state index in [0.29, 0.717) is 12.8 Å². The van der Waals surface area contributed by atoms with Crippen molar-refractivity contribution in [3.63, 3.8) is 0 Å². The number of carbonyl (C=O) groups is 2. The van der Waals surface area contributed by atoms with Crippen LogP contribution in [0.2, 0.25) is 0 Å². The molecule has 3 heterocycles. The number of hydrogen-bond acceptors (Lipinski definition) is 21. The number of carbonyl (C=O) groups excluding carboxylic acids is 2. The van der Waals surface area contributed by atoms with Gasteiger partial charge in [-0.3, -0.25) is 4.79 Å². The van der Waals surface area contributed by atoms with Crippen LogP contribution < -0.4 is 0 Å². The van der Waals surface area contributed by atoms with Crippen LogP contribution in [0.25, 0.3) is 0 Å². The maximum absolute atomic E-state index is 15.0. The van der Waals surface area contributed by atoms with Gasteiger partial charge in [-0.2, -0.15) is 0 Å². The summed E-state index contributed by atoms with van der Waals surface area (Å²) >= 11 is 0. The van der Waals surface area contributed by atoms with Crippen molar-refractivity contribution < 1.29 is 104 Å². The molecule has 0 bridgehead atoms. The molecular formula is C47H72O21. The normalized spacial score (nSPS) is 51.3. The number of hydrogen-bond donors (Lipinski definition) is 12. The Bertz CT molecular complexity index is 1910. The predicted molar refractivity (Wildman–Crippen MR) is 228 cm³/mol. The monoisotopic (exact) mass is 972 g/mol. The second-order valence-electron chi connectivity index (χ2n) is 21.9. The van der Waals surface area contributed by atoms with Crippen LogP contribution in [0, 0.1) is 51.8 Å². The van der Waals surface area contributed by atoms with Crippen molar-refractivity contribution in [2.24, 2.45) is 51.8 Å². The van der Waals surface area contributed by atoms with Gasteiger partial charge >= 0.3 is 5.97 Å². The smallest absolute Gasteiger partial charge is 0.333 e. The number of aliphatic hydroxyl groups excluding tert-OH is 12. The zero-order valence-corrected chi connectivity index (χ0v) is 39.2. The molecule has 5 aliphatic carbocycles. The van der Waals surface area contributed by atoms with Gasteiger partial charge < -0.3 is 94.4 Å². The number of ether oxygens (including phenoxy) is 7. The highest BCUT2D eigenvalue weighted by Crippen LogP contribution is 2.65. The minimum atomic E-state index is -2.03. The number of allylic oxidation sites excluding steroid dienone is 3. The lowest BCUT2D eigenvalue weighted by molar-refractivity contribution is -0.399. The van der Waals surface area contributed by atoms with Gasteiger partial charge in [-0.15, -0.1) is 0 Å². The second-order valence-corrected chi connectivity index (χ2v) is 21.9. The fourth-order valence-corrected chi connectivity index (χ4v) is 13.3. The zero-order chi connectivity index (χ0) is 49.7. The minimum Gasteiger partial charge on any atom is -0.453 e. The molecule has 21 heteroatoms. The van der Waals surface area contributed by atoms with Gasteiger partial charge in [0.15, 0.2) is 43.8 Å². The summed E-state index contributed by atoms with van der Waals surface area (Å²) in [5, 5.41) is 129. The van der Waals surface area contributed by atoms with Crippen LogP contribution in [0.3, 0.4) is 0 Å². The van der Waals surface area contributed by atoms with Crippen molar-refractivity contribution in [2.45, 2.75) is 197 Å². The van der Waals surface area contributed by atoms with Gasteiger partial charge in [0.1, 0.15) is 54.6 Å². The first-order valence-corrected chi connectivity index (χ1v) is 24.0. The van der Waals surface area contributed by atoms with Crippen LogP contribution in [-0.2, 0) is 42.7 Å². The molecule has 7 fully saturated rings. The molecule has 21 nitrogen and oxygen atoms in total. The molecule has 0 amide bonds. The molecule has 68 heavy (non-hydrogen) atoms. The summed E-state index contributed by atoms with van der Waals surface area (Å²) in [6.45, 7) is 10.4. The maximum atomic E-state index is 15.0. The summed E-state index contributed by atoms with van der Waals surface area (Å²) in [6.07, 6.45) is -23.3. The van der Waals surface area contributed by atoms with E-state index in [1.165, 1.54) is 13.0 Å². The number of rotatable bonds is 9. The van der Waals surface area contributed by atoms with Crippen LogP contribution >= 0.6 is 0 Å². The Hall–Kier alpha value is -2.10. The predicted octanol–water partition coefficient (Wildman–Crippen LogP) is -2.05. The summed E-state index contributed by atoms with van der Waals surface area (Å²) in [4.78, 5) is 27.6. The number of aliphatic hydroxyl groups is 12. The van der Waals surface area contributed by atoms with E-state index in [4.69, 9.17) is 33.2 Å². The third kappa shape index (κ3) is 8.76. The quantitative estimate of drug-likeness (QED) is 0.0512. The fourth-order valence-electron chi connectivity index (χ4n) is 13.3. The van der Waals surface area contributed by atoms with Gasteiger partial charge in [0.25, 0.3) is 0 Å². The third-order valence-electron chi connectivity index (χ3n) is 17.5. The summed E-state index contributed by atoms with van der Waals surface area (Å²) in [5.41, 5.74) is -1.87. The summed E-state index contributed by atoms with van der Waals surface area (Å²) in [5.74, 6) is -1.33. The summed E-state index contributed by atoms with van der Waals surface area (Å²) < 4.78 is 40.0.